The molecule has 0 unspecified atom stereocenters. The van der Waals surface area contributed by atoms with Crippen LogP contribution in [0.2, 0.25) is 5.02 Å². The molecule has 214 valence electrons. The van der Waals surface area contributed by atoms with E-state index in [1.165, 1.54) is 95.6 Å². The normalized spacial score (nSPS) is 11.5. The molecule has 0 aliphatic rings. The van der Waals surface area contributed by atoms with Gasteiger partial charge in [-0.3, -0.25) is 25.7 Å². The van der Waals surface area contributed by atoms with Crippen LogP contribution in [0.1, 0.15) is 115 Å². The first-order valence-corrected chi connectivity index (χ1v) is 14.8. The number of unbranched alkanes of at least 4 members (excludes halogenated alkanes) is 14. The molecule has 0 aliphatic heterocycles. The first-order valence-electron chi connectivity index (χ1n) is 14.4. The molecule has 0 saturated heterocycles. The number of anilines is 1. The van der Waals surface area contributed by atoms with E-state index in [1.54, 1.807) is 12.1 Å². The van der Waals surface area contributed by atoms with Gasteiger partial charge in [0.05, 0.1) is 21.6 Å². The van der Waals surface area contributed by atoms with Crippen molar-refractivity contribution in [2.75, 3.05) is 5.43 Å². The number of nitro groups is 2. The van der Waals surface area contributed by atoms with Crippen LogP contribution in [0, 0.1) is 20.2 Å². The molecule has 1 N–H and O–H groups in total. The zero-order chi connectivity index (χ0) is 28.3. The van der Waals surface area contributed by atoms with E-state index in [0.29, 0.717) is 11.4 Å². The van der Waals surface area contributed by atoms with Gasteiger partial charge in [0.25, 0.3) is 5.69 Å². The lowest BCUT2D eigenvalue weighted by Crippen LogP contribution is -2.06. The molecule has 0 amide bonds. The van der Waals surface area contributed by atoms with Gasteiger partial charge in [0.1, 0.15) is 5.69 Å². The highest BCUT2D eigenvalue weighted by molar-refractivity contribution is 6.30. The van der Waals surface area contributed by atoms with Gasteiger partial charge in [0.2, 0.25) is 0 Å². The lowest BCUT2D eigenvalue weighted by molar-refractivity contribution is -0.393. The Morgan fingerprint density at radius 3 is 1.74 bits per heavy atom. The van der Waals surface area contributed by atoms with Gasteiger partial charge >= 0.3 is 5.69 Å². The lowest BCUT2D eigenvalue weighted by atomic mass is 10.0. The predicted molar refractivity (Wildman–Crippen MR) is 161 cm³/mol. The summed E-state index contributed by atoms with van der Waals surface area (Å²) in [4.78, 5) is 21.2. The molecule has 39 heavy (non-hydrogen) atoms. The van der Waals surface area contributed by atoms with Gasteiger partial charge in [-0.1, -0.05) is 121 Å². The average Bonchev–Trinajstić information content (AvgIpc) is 2.92. The summed E-state index contributed by atoms with van der Waals surface area (Å²) in [5.74, 6) is 0. The van der Waals surface area contributed by atoms with Crippen molar-refractivity contribution in [1.82, 2.24) is 0 Å². The highest BCUT2D eigenvalue weighted by atomic mass is 35.5. The van der Waals surface area contributed by atoms with Crippen LogP contribution in [-0.4, -0.2) is 15.6 Å². The molecule has 9 heteroatoms. The summed E-state index contributed by atoms with van der Waals surface area (Å²) in [7, 11) is 0. The second-order valence-corrected chi connectivity index (χ2v) is 10.5. The van der Waals surface area contributed by atoms with E-state index in [2.05, 4.69) is 17.5 Å². The quantitative estimate of drug-likeness (QED) is 0.0708. The fourth-order valence-electron chi connectivity index (χ4n) is 4.58. The largest absolute Gasteiger partial charge is 0.301 e. The van der Waals surface area contributed by atoms with Crippen LogP contribution in [0.15, 0.2) is 47.6 Å². The van der Waals surface area contributed by atoms with Crippen molar-refractivity contribution in [3.8, 4) is 0 Å². The van der Waals surface area contributed by atoms with E-state index in [9.17, 15) is 20.2 Å². The second-order valence-electron chi connectivity index (χ2n) is 10.1. The Kier molecular flexibility index (Phi) is 15.8. The third kappa shape index (κ3) is 13.1. The molecule has 0 radical (unpaired) electrons. The van der Waals surface area contributed by atoms with Crippen LogP contribution >= 0.6 is 11.6 Å². The van der Waals surface area contributed by atoms with E-state index in [-0.39, 0.29) is 11.4 Å². The maximum absolute atomic E-state index is 11.5. The first-order chi connectivity index (χ1) is 18.9. The Labute approximate surface area is 237 Å². The number of nitro benzene ring substituents is 2. The third-order valence-electron chi connectivity index (χ3n) is 6.89. The number of hydrazone groups is 1. The number of halogens is 1. The Morgan fingerprint density at radius 1 is 0.744 bits per heavy atom. The molecule has 0 bridgehead atoms. The van der Waals surface area contributed by atoms with Crippen LogP contribution in [0.3, 0.4) is 0 Å². The van der Waals surface area contributed by atoms with Gasteiger partial charge in [0, 0.05) is 11.1 Å². The van der Waals surface area contributed by atoms with Crippen molar-refractivity contribution in [3.05, 3.63) is 73.3 Å². The highest BCUT2D eigenvalue weighted by Crippen LogP contribution is 2.29. The van der Waals surface area contributed by atoms with Gasteiger partial charge in [-0.05, 0) is 36.6 Å². The molecule has 0 aromatic heterocycles. The Morgan fingerprint density at radius 2 is 1.26 bits per heavy atom. The number of non-ortho nitro benzene ring substituents is 1. The Balaban J connectivity index is 1.78. The van der Waals surface area contributed by atoms with E-state index < -0.39 is 15.5 Å². The first kappa shape index (κ1) is 32.2. The molecule has 0 spiro atoms. The number of hydrogen-bond acceptors (Lipinski definition) is 6. The SMILES string of the molecule is CCCCCCCCCCCCCCCCCC(=NNc1ccc([N+](=O)[O-])cc1[N+](=O)[O-])c1ccc(Cl)cc1. The molecular weight excluding hydrogens is 516 g/mol. The van der Waals surface area contributed by atoms with Crippen LogP contribution in [0.4, 0.5) is 17.1 Å². The summed E-state index contributed by atoms with van der Waals surface area (Å²) in [6, 6.07) is 10.8. The van der Waals surface area contributed by atoms with E-state index in [4.69, 9.17) is 11.6 Å². The topological polar surface area (TPSA) is 111 Å². The maximum Gasteiger partial charge on any atom is 0.301 e. The molecule has 0 fully saturated rings. The van der Waals surface area contributed by atoms with E-state index >= 15 is 0 Å². The fourth-order valence-corrected chi connectivity index (χ4v) is 4.70. The van der Waals surface area contributed by atoms with Crippen LogP contribution in [0.25, 0.3) is 0 Å². The molecule has 2 rings (SSSR count). The summed E-state index contributed by atoms with van der Waals surface area (Å²) in [5, 5.41) is 27.5. The zero-order valence-corrected chi connectivity index (χ0v) is 24.0. The zero-order valence-electron chi connectivity index (χ0n) is 23.2. The summed E-state index contributed by atoms with van der Waals surface area (Å²) < 4.78 is 0. The van der Waals surface area contributed by atoms with Crippen molar-refractivity contribution in [2.45, 2.75) is 110 Å². The molecule has 0 heterocycles. The van der Waals surface area contributed by atoms with Gasteiger partial charge in [0.15, 0.2) is 0 Å². The van der Waals surface area contributed by atoms with Gasteiger partial charge < -0.3 is 0 Å². The summed E-state index contributed by atoms with van der Waals surface area (Å²) in [6.07, 6.45) is 20.0. The molecular formula is C30H43ClN4O4. The second kappa shape index (κ2) is 19.1. The number of hydrogen-bond donors (Lipinski definition) is 1. The Hall–Kier alpha value is -3.00. The van der Waals surface area contributed by atoms with Crippen molar-refractivity contribution in [2.24, 2.45) is 5.10 Å². The van der Waals surface area contributed by atoms with Gasteiger partial charge in [-0.25, -0.2) is 0 Å². The fraction of sp³-hybridized carbons (Fsp3) is 0.567. The van der Waals surface area contributed by atoms with Crippen molar-refractivity contribution < 1.29 is 9.85 Å². The van der Waals surface area contributed by atoms with Crippen LogP contribution < -0.4 is 5.43 Å². The molecule has 2 aromatic carbocycles. The minimum Gasteiger partial charge on any atom is -0.271 e. The number of rotatable bonds is 21. The van der Waals surface area contributed by atoms with E-state index in [0.717, 1.165) is 30.2 Å². The van der Waals surface area contributed by atoms with Gasteiger partial charge in [-0.2, -0.15) is 5.10 Å². The number of nitrogens with one attached hydrogen (secondary N) is 1. The standard InChI is InChI=1S/C30H43ClN4O4/c1-2-3-4-5-6-7-8-9-10-11-12-13-14-15-16-17-28(25-18-20-26(31)21-19-25)32-33-29-23-22-27(34(36)37)24-30(29)35(38)39/h18-24,33H,2-17H2,1H3. The smallest absolute Gasteiger partial charge is 0.271 e. The summed E-state index contributed by atoms with van der Waals surface area (Å²) in [6.45, 7) is 2.26. The average molecular weight is 559 g/mol. The molecule has 8 nitrogen and oxygen atoms in total. The van der Waals surface area contributed by atoms with E-state index in [1.807, 2.05) is 12.1 Å². The monoisotopic (exact) mass is 558 g/mol. The Bertz CT molecular complexity index is 1040. The van der Waals surface area contributed by atoms with Crippen molar-refractivity contribution in [3.63, 3.8) is 0 Å². The lowest BCUT2D eigenvalue weighted by Gasteiger charge is -2.09. The summed E-state index contributed by atoms with van der Waals surface area (Å²) >= 11 is 6.05. The number of nitrogens with zero attached hydrogens (tertiary/aromatic N) is 3. The van der Waals surface area contributed by atoms with Crippen LogP contribution in [-0.2, 0) is 0 Å². The highest BCUT2D eigenvalue weighted by Gasteiger charge is 2.19. The van der Waals surface area contributed by atoms with Crippen molar-refractivity contribution in [1.29, 1.82) is 0 Å². The molecule has 0 atom stereocenters. The molecule has 0 saturated carbocycles. The predicted octanol–water partition coefficient (Wildman–Crippen LogP) is 10.2. The minimum atomic E-state index is -0.657. The number of benzene rings is 2. The molecule has 0 aliphatic carbocycles. The summed E-state index contributed by atoms with van der Waals surface area (Å²) in [5.41, 5.74) is 3.77. The van der Waals surface area contributed by atoms with Crippen LogP contribution in [0.5, 0.6) is 0 Å². The van der Waals surface area contributed by atoms with Crippen molar-refractivity contribution >= 4 is 34.4 Å². The minimum absolute atomic E-state index is 0.105. The molecule has 2 aromatic rings. The maximum atomic E-state index is 11.5. The van der Waals surface area contributed by atoms with Gasteiger partial charge in [-0.15, -0.1) is 0 Å². The third-order valence-corrected chi connectivity index (χ3v) is 7.15.